The zero-order valence-corrected chi connectivity index (χ0v) is 14.9. The summed E-state index contributed by atoms with van der Waals surface area (Å²) in [5, 5.41) is 3.20. The van der Waals surface area contributed by atoms with E-state index in [2.05, 4.69) is 5.32 Å². The van der Waals surface area contributed by atoms with E-state index in [1.54, 1.807) is 24.0 Å². The lowest BCUT2D eigenvalue weighted by molar-refractivity contribution is -0.130. The number of hydrogen-bond donors (Lipinski definition) is 1. The number of hydrogen-bond acceptors (Lipinski definition) is 5. The van der Waals surface area contributed by atoms with Gasteiger partial charge in [0.25, 0.3) is 0 Å². The maximum Gasteiger partial charge on any atom is 0.238 e. The molecule has 0 saturated carbocycles. The van der Waals surface area contributed by atoms with E-state index in [-0.39, 0.29) is 18.4 Å². The van der Waals surface area contributed by atoms with E-state index in [0.29, 0.717) is 48.4 Å². The van der Waals surface area contributed by atoms with E-state index in [9.17, 15) is 9.59 Å². The molecule has 0 spiro atoms. The molecule has 7 nitrogen and oxygen atoms in total. The highest BCUT2D eigenvalue weighted by molar-refractivity contribution is 6.32. The molecule has 2 rings (SSSR count). The summed E-state index contributed by atoms with van der Waals surface area (Å²) < 4.78 is 10.4. The third kappa shape index (κ3) is 4.52. The molecular formula is C16H22ClN3O4. The van der Waals surface area contributed by atoms with E-state index >= 15 is 0 Å². The molecule has 0 aliphatic carbocycles. The minimum Gasteiger partial charge on any atom is -0.495 e. The maximum absolute atomic E-state index is 12.3. The van der Waals surface area contributed by atoms with Crippen molar-refractivity contribution in [2.45, 2.75) is 6.92 Å². The van der Waals surface area contributed by atoms with Gasteiger partial charge in [-0.25, -0.2) is 0 Å². The predicted molar refractivity (Wildman–Crippen MR) is 91.9 cm³/mol. The predicted octanol–water partition coefficient (Wildman–Crippen LogP) is 1.46. The lowest BCUT2D eigenvalue weighted by Gasteiger charge is -2.33. The van der Waals surface area contributed by atoms with Crippen molar-refractivity contribution in [1.82, 2.24) is 9.80 Å². The van der Waals surface area contributed by atoms with Crippen LogP contribution in [-0.4, -0.2) is 68.6 Å². The Kier molecular flexibility index (Phi) is 6.28. The van der Waals surface area contributed by atoms with Crippen molar-refractivity contribution >= 4 is 29.1 Å². The molecule has 1 aromatic carbocycles. The third-order valence-corrected chi connectivity index (χ3v) is 4.23. The summed E-state index contributed by atoms with van der Waals surface area (Å²) in [5.41, 5.74) is 0.496. The number of nitrogens with zero attached hydrogens (tertiary/aromatic N) is 2. The van der Waals surface area contributed by atoms with Crippen LogP contribution >= 0.6 is 11.6 Å². The fourth-order valence-electron chi connectivity index (χ4n) is 2.57. The summed E-state index contributed by atoms with van der Waals surface area (Å²) in [6.45, 7) is 4.43. The second-order valence-corrected chi connectivity index (χ2v) is 5.92. The van der Waals surface area contributed by atoms with Gasteiger partial charge in [0.15, 0.2) is 0 Å². The first-order valence-electron chi connectivity index (χ1n) is 7.63. The quantitative estimate of drug-likeness (QED) is 0.865. The molecular weight excluding hydrogens is 334 g/mol. The number of rotatable bonds is 5. The van der Waals surface area contributed by atoms with E-state index in [1.165, 1.54) is 14.2 Å². The van der Waals surface area contributed by atoms with E-state index in [0.717, 1.165) is 0 Å². The van der Waals surface area contributed by atoms with E-state index in [4.69, 9.17) is 21.1 Å². The van der Waals surface area contributed by atoms with Crippen molar-refractivity contribution in [3.8, 4) is 11.5 Å². The van der Waals surface area contributed by atoms with Crippen molar-refractivity contribution in [1.29, 1.82) is 0 Å². The summed E-state index contributed by atoms with van der Waals surface area (Å²) >= 11 is 6.10. The summed E-state index contributed by atoms with van der Waals surface area (Å²) in [4.78, 5) is 27.4. The molecule has 1 saturated heterocycles. The average Bonchev–Trinajstić information content (AvgIpc) is 2.55. The number of nitrogens with one attached hydrogen (secondary N) is 1. The minimum atomic E-state index is -0.161. The number of amides is 2. The molecule has 0 aromatic heterocycles. The molecule has 8 heteroatoms. The Morgan fingerprint density at radius 1 is 1.12 bits per heavy atom. The first-order valence-corrected chi connectivity index (χ1v) is 8.01. The number of benzene rings is 1. The number of methoxy groups -OCH3 is 2. The van der Waals surface area contributed by atoms with Gasteiger partial charge in [-0.15, -0.1) is 0 Å². The molecule has 0 radical (unpaired) electrons. The Labute approximate surface area is 146 Å². The van der Waals surface area contributed by atoms with Crippen molar-refractivity contribution in [2.24, 2.45) is 0 Å². The van der Waals surface area contributed by atoms with Gasteiger partial charge in [-0.05, 0) is 6.07 Å². The Morgan fingerprint density at radius 3 is 2.29 bits per heavy atom. The first-order chi connectivity index (χ1) is 11.4. The van der Waals surface area contributed by atoms with E-state index < -0.39 is 0 Å². The topological polar surface area (TPSA) is 71.1 Å². The van der Waals surface area contributed by atoms with Gasteiger partial charge in [-0.1, -0.05) is 11.6 Å². The van der Waals surface area contributed by atoms with Gasteiger partial charge < -0.3 is 19.7 Å². The largest absolute Gasteiger partial charge is 0.495 e. The molecule has 1 heterocycles. The summed E-state index contributed by atoms with van der Waals surface area (Å²) in [5.74, 6) is 0.861. The van der Waals surface area contributed by atoms with Crippen LogP contribution in [0.5, 0.6) is 11.5 Å². The monoisotopic (exact) mass is 355 g/mol. The molecule has 1 N–H and O–H groups in total. The molecule has 1 fully saturated rings. The summed E-state index contributed by atoms with van der Waals surface area (Å²) in [6.07, 6.45) is 0. The van der Waals surface area contributed by atoms with Crippen LogP contribution in [0.4, 0.5) is 5.69 Å². The highest BCUT2D eigenvalue weighted by atomic mass is 35.5. The number of halogens is 1. The highest BCUT2D eigenvalue weighted by Gasteiger charge is 2.21. The SMILES string of the molecule is COc1cc(OC)c(NC(=O)CN2CCN(C(C)=O)CC2)cc1Cl. The van der Waals surface area contributed by atoms with Crippen LogP contribution in [0.25, 0.3) is 0 Å². The van der Waals surface area contributed by atoms with Gasteiger partial charge in [0.05, 0.1) is 31.5 Å². The summed E-state index contributed by atoms with van der Waals surface area (Å²) in [6, 6.07) is 3.23. The molecule has 1 aliphatic rings. The second kappa shape index (κ2) is 8.21. The van der Waals surface area contributed by atoms with Gasteiger partial charge in [0, 0.05) is 39.2 Å². The molecule has 1 aromatic rings. The molecule has 2 amide bonds. The smallest absolute Gasteiger partial charge is 0.238 e. The Balaban J connectivity index is 1.95. The maximum atomic E-state index is 12.3. The number of carbonyl (C=O) groups is 2. The van der Waals surface area contributed by atoms with Crippen molar-refractivity contribution in [2.75, 3.05) is 52.3 Å². The Hall–Kier alpha value is -1.99. The normalized spacial score (nSPS) is 15.1. The molecule has 0 atom stereocenters. The van der Waals surface area contributed by atoms with Gasteiger partial charge in [-0.3, -0.25) is 14.5 Å². The fourth-order valence-corrected chi connectivity index (χ4v) is 2.81. The van der Waals surface area contributed by atoms with Crippen molar-refractivity contribution in [3.63, 3.8) is 0 Å². The number of ether oxygens (including phenoxy) is 2. The Bertz CT molecular complexity index is 616. The van der Waals surface area contributed by atoms with Gasteiger partial charge in [-0.2, -0.15) is 0 Å². The number of anilines is 1. The van der Waals surface area contributed by atoms with Crippen LogP contribution in [0.15, 0.2) is 12.1 Å². The van der Waals surface area contributed by atoms with Crippen LogP contribution in [0.1, 0.15) is 6.92 Å². The standard InChI is InChI=1S/C16H22ClN3O4/c1-11(21)20-6-4-19(5-7-20)10-16(22)18-13-8-12(17)14(23-2)9-15(13)24-3/h8-9H,4-7,10H2,1-3H3,(H,18,22). The number of carbonyl (C=O) groups excluding carboxylic acids is 2. The van der Waals surface area contributed by atoms with E-state index in [1.807, 2.05) is 4.90 Å². The lowest BCUT2D eigenvalue weighted by atomic mass is 10.2. The number of piperazine rings is 1. The average molecular weight is 356 g/mol. The van der Waals surface area contributed by atoms with Crippen LogP contribution in [0.2, 0.25) is 5.02 Å². The first kappa shape index (κ1) is 18.4. The fraction of sp³-hybridized carbons (Fsp3) is 0.500. The third-order valence-electron chi connectivity index (χ3n) is 3.93. The van der Waals surface area contributed by atoms with Crippen molar-refractivity contribution in [3.05, 3.63) is 17.2 Å². The highest BCUT2D eigenvalue weighted by Crippen LogP contribution is 2.35. The molecule has 0 bridgehead atoms. The Morgan fingerprint density at radius 2 is 1.75 bits per heavy atom. The minimum absolute atomic E-state index is 0.0664. The lowest BCUT2D eigenvalue weighted by Crippen LogP contribution is -2.49. The van der Waals surface area contributed by atoms with Gasteiger partial charge >= 0.3 is 0 Å². The molecule has 1 aliphatic heterocycles. The molecule has 132 valence electrons. The van der Waals surface area contributed by atoms with Gasteiger partial charge in [0.2, 0.25) is 11.8 Å². The van der Waals surface area contributed by atoms with Crippen LogP contribution < -0.4 is 14.8 Å². The summed E-state index contributed by atoms with van der Waals surface area (Å²) in [7, 11) is 3.03. The van der Waals surface area contributed by atoms with Crippen molar-refractivity contribution < 1.29 is 19.1 Å². The zero-order chi connectivity index (χ0) is 17.7. The zero-order valence-electron chi connectivity index (χ0n) is 14.1. The van der Waals surface area contributed by atoms with Crippen LogP contribution in [-0.2, 0) is 9.59 Å². The molecule has 24 heavy (non-hydrogen) atoms. The molecule has 0 unspecified atom stereocenters. The van der Waals surface area contributed by atoms with Gasteiger partial charge in [0.1, 0.15) is 11.5 Å². The van der Waals surface area contributed by atoms with Crippen LogP contribution in [0, 0.1) is 0 Å². The van der Waals surface area contributed by atoms with Crippen LogP contribution in [0.3, 0.4) is 0 Å². The second-order valence-electron chi connectivity index (χ2n) is 5.52.